The van der Waals surface area contributed by atoms with Crippen molar-refractivity contribution in [3.05, 3.63) is 35.4 Å². The molecule has 1 aliphatic heterocycles. The van der Waals surface area contributed by atoms with Crippen molar-refractivity contribution in [2.75, 3.05) is 19.8 Å². The van der Waals surface area contributed by atoms with E-state index in [1.807, 2.05) is 0 Å². The Morgan fingerprint density at radius 2 is 1.94 bits per heavy atom. The minimum Gasteiger partial charge on any atom is -0.381 e. The van der Waals surface area contributed by atoms with Gasteiger partial charge >= 0.3 is 0 Å². The summed E-state index contributed by atoms with van der Waals surface area (Å²) < 4.78 is 31.8. The van der Waals surface area contributed by atoms with Crippen molar-refractivity contribution >= 4 is 0 Å². The summed E-state index contributed by atoms with van der Waals surface area (Å²) in [6.07, 6.45) is 1.37. The molecule has 0 saturated carbocycles. The van der Waals surface area contributed by atoms with Crippen LogP contribution in [0, 0.1) is 11.6 Å². The maximum absolute atomic E-state index is 13.7. The molecule has 1 aromatic carbocycles. The fourth-order valence-electron chi connectivity index (χ4n) is 2.27. The van der Waals surface area contributed by atoms with Gasteiger partial charge in [-0.25, -0.2) is 8.78 Å². The maximum Gasteiger partial charge on any atom is 0.129 e. The predicted molar refractivity (Wildman–Crippen MR) is 57.1 cm³/mol. The molecule has 0 spiro atoms. The van der Waals surface area contributed by atoms with E-state index in [1.54, 1.807) is 0 Å². The number of nitrogens with two attached hydrogens (primary N) is 1. The summed E-state index contributed by atoms with van der Waals surface area (Å²) >= 11 is 0. The van der Waals surface area contributed by atoms with Gasteiger partial charge in [0, 0.05) is 31.2 Å². The second-order valence-corrected chi connectivity index (χ2v) is 4.22. The number of hydrogen-bond acceptors (Lipinski definition) is 2. The molecular formula is C12H15F2NO. The Hall–Kier alpha value is -1.00. The number of rotatable bonds is 2. The van der Waals surface area contributed by atoms with Crippen LogP contribution >= 0.6 is 0 Å². The summed E-state index contributed by atoms with van der Waals surface area (Å²) in [5.74, 6) is -1.06. The number of halogens is 2. The van der Waals surface area contributed by atoms with E-state index in [0.717, 1.165) is 6.07 Å². The van der Waals surface area contributed by atoms with Gasteiger partial charge in [0.25, 0.3) is 0 Å². The molecule has 1 aliphatic rings. The lowest BCUT2D eigenvalue weighted by atomic mass is 9.74. The molecule has 0 atom stereocenters. The lowest BCUT2D eigenvalue weighted by molar-refractivity contribution is 0.0517. The minimum absolute atomic E-state index is 0.360. The normalized spacial score (nSPS) is 19.7. The summed E-state index contributed by atoms with van der Waals surface area (Å²) in [5.41, 5.74) is 5.88. The molecule has 0 amide bonds. The second-order valence-electron chi connectivity index (χ2n) is 4.22. The van der Waals surface area contributed by atoms with Crippen LogP contribution in [-0.4, -0.2) is 19.8 Å². The fraction of sp³-hybridized carbons (Fsp3) is 0.500. The van der Waals surface area contributed by atoms with Crippen LogP contribution in [0.4, 0.5) is 8.78 Å². The molecule has 1 saturated heterocycles. The molecule has 0 unspecified atom stereocenters. The van der Waals surface area contributed by atoms with Gasteiger partial charge in [0.05, 0.1) is 0 Å². The van der Waals surface area contributed by atoms with E-state index in [1.165, 1.54) is 12.1 Å². The van der Waals surface area contributed by atoms with Gasteiger partial charge in [0.15, 0.2) is 0 Å². The van der Waals surface area contributed by atoms with Crippen molar-refractivity contribution < 1.29 is 13.5 Å². The monoisotopic (exact) mass is 227 g/mol. The Kier molecular flexibility index (Phi) is 3.21. The van der Waals surface area contributed by atoms with E-state index >= 15 is 0 Å². The summed E-state index contributed by atoms with van der Waals surface area (Å²) in [4.78, 5) is 0. The molecule has 0 radical (unpaired) electrons. The summed E-state index contributed by atoms with van der Waals surface area (Å²) in [7, 11) is 0. The lowest BCUT2D eigenvalue weighted by Gasteiger charge is -2.36. The van der Waals surface area contributed by atoms with E-state index < -0.39 is 17.0 Å². The van der Waals surface area contributed by atoms with Crippen molar-refractivity contribution in [3.63, 3.8) is 0 Å². The molecule has 4 heteroatoms. The van der Waals surface area contributed by atoms with Crippen LogP contribution in [0.1, 0.15) is 18.4 Å². The van der Waals surface area contributed by atoms with Gasteiger partial charge in [0.1, 0.15) is 11.6 Å². The van der Waals surface area contributed by atoms with E-state index in [0.29, 0.717) is 38.2 Å². The molecule has 1 aromatic rings. The van der Waals surface area contributed by atoms with Crippen molar-refractivity contribution in [2.45, 2.75) is 18.3 Å². The molecule has 88 valence electrons. The fourth-order valence-corrected chi connectivity index (χ4v) is 2.27. The maximum atomic E-state index is 13.7. The van der Waals surface area contributed by atoms with Crippen LogP contribution in [0.25, 0.3) is 0 Å². The lowest BCUT2D eigenvalue weighted by Crippen LogP contribution is -2.41. The van der Waals surface area contributed by atoms with Crippen LogP contribution in [-0.2, 0) is 10.2 Å². The molecule has 2 rings (SSSR count). The van der Waals surface area contributed by atoms with Gasteiger partial charge in [-0.05, 0) is 24.5 Å². The zero-order valence-electron chi connectivity index (χ0n) is 9.01. The minimum atomic E-state index is -0.555. The highest BCUT2D eigenvalue weighted by Gasteiger charge is 2.35. The van der Waals surface area contributed by atoms with E-state index in [-0.39, 0.29) is 0 Å². The first-order valence-corrected chi connectivity index (χ1v) is 5.41. The SMILES string of the molecule is NCC1(c2ccc(F)cc2F)CCOCC1. The topological polar surface area (TPSA) is 35.2 Å². The molecule has 0 aliphatic carbocycles. The zero-order valence-corrected chi connectivity index (χ0v) is 9.01. The Morgan fingerprint density at radius 1 is 1.25 bits per heavy atom. The number of hydrogen-bond donors (Lipinski definition) is 1. The molecule has 0 aromatic heterocycles. The van der Waals surface area contributed by atoms with Gasteiger partial charge in [-0.2, -0.15) is 0 Å². The average molecular weight is 227 g/mol. The molecule has 16 heavy (non-hydrogen) atoms. The Bertz CT molecular complexity index is 375. The first-order valence-electron chi connectivity index (χ1n) is 5.41. The molecule has 2 nitrogen and oxygen atoms in total. The summed E-state index contributed by atoms with van der Waals surface area (Å²) in [6, 6.07) is 3.70. The van der Waals surface area contributed by atoms with E-state index in [9.17, 15) is 8.78 Å². The third-order valence-electron chi connectivity index (χ3n) is 3.34. The van der Waals surface area contributed by atoms with Crippen LogP contribution in [0.2, 0.25) is 0 Å². The van der Waals surface area contributed by atoms with E-state index in [4.69, 9.17) is 10.5 Å². The molecule has 1 fully saturated rings. The van der Waals surface area contributed by atoms with Gasteiger partial charge in [-0.1, -0.05) is 6.07 Å². The number of ether oxygens (including phenoxy) is 1. The molecule has 0 bridgehead atoms. The van der Waals surface area contributed by atoms with Gasteiger partial charge in [-0.3, -0.25) is 0 Å². The Balaban J connectivity index is 2.39. The quantitative estimate of drug-likeness (QED) is 0.838. The largest absolute Gasteiger partial charge is 0.381 e. The highest BCUT2D eigenvalue weighted by molar-refractivity contribution is 5.28. The first-order chi connectivity index (χ1) is 7.68. The van der Waals surface area contributed by atoms with Crippen molar-refractivity contribution in [2.24, 2.45) is 5.73 Å². The molecule has 2 N–H and O–H groups in total. The van der Waals surface area contributed by atoms with Gasteiger partial charge < -0.3 is 10.5 Å². The van der Waals surface area contributed by atoms with Crippen molar-refractivity contribution in [1.29, 1.82) is 0 Å². The second kappa shape index (κ2) is 4.47. The summed E-state index contributed by atoms with van der Waals surface area (Å²) in [5, 5.41) is 0. The standard InChI is InChI=1S/C12H15F2NO/c13-9-1-2-10(11(14)7-9)12(8-15)3-5-16-6-4-12/h1-2,7H,3-6,8,15H2. The Morgan fingerprint density at radius 3 is 2.50 bits per heavy atom. The van der Waals surface area contributed by atoms with Crippen LogP contribution in [0.3, 0.4) is 0 Å². The predicted octanol–water partition coefficient (Wildman–Crippen LogP) is 1.97. The van der Waals surface area contributed by atoms with Gasteiger partial charge in [-0.15, -0.1) is 0 Å². The summed E-state index contributed by atoms with van der Waals surface area (Å²) in [6.45, 7) is 1.51. The zero-order chi connectivity index (χ0) is 11.6. The molecular weight excluding hydrogens is 212 g/mol. The molecule has 1 heterocycles. The average Bonchev–Trinajstić information content (AvgIpc) is 2.30. The smallest absolute Gasteiger partial charge is 0.129 e. The highest BCUT2D eigenvalue weighted by Crippen LogP contribution is 2.35. The third kappa shape index (κ3) is 1.95. The van der Waals surface area contributed by atoms with Crippen LogP contribution in [0.15, 0.2) is 18.2 Å². The first kappa shape index (κ1) is 11.5. The van der Waals surface area contributed by atoms with Crippen LogP contribution in [0.5, 0.6) is 0 Å². The van der Waals surface area contributed by atoms with Crippen molar-refractivity contribution in [1.82, 2.24) is 0 Å². The van der Waals surface area contributed by atoms with E-state index in [2.05, 4.69) is 0 Å². The number of benzene rings is 1. The third-order valence-corrected chi connectivity index (χ3v) is 3.34. The highest BCUT2D eigenvalue weighted by atomic mass is 19.1. The van der Waals surface area contributed by atoms with Crippen LogP contribution < -0.4 is 5.73 Å². The Labute approximate surface area is 93.4 Å². The van der Waals surface area contributed by atoms with Gasteiger partial charge in [0.2, 0.25) is 0 Å². The van der Waals surface area contributed by atoms with Crippen molar-refractivity contribution in [3.8, 4) is 0 Å².